The molecule has 26 heavy (non-hydrogen) atoms. The monoisotopic (exact) mass is 473 g/mol. The van der Waals surface area contributed by atoms with Gasteiger partial charge in [0.1, 0.15) is 28.4 Å². The Bertz CT molecular complexity index is 695. The summed E-state index contributed by atoms with van der Waals surface area (Å²) in [6.07, 6.45) is 5.89. The summed E-state index contributed by atoms with van der Waals surface area (Å²) < 4.78 is 12.4. The molecule has 2 unspecified atom stereocenters. The van der Waals surface area contributed by atoms with Gasteiger partial charge in [-0.15, -0.1) is 0 Å². The normalized spacial score (nSPS) is 54.2. The Labute approximate surface area is 169 Å². The van der Waals surface area contributed by atoms with Crippen LogP contribution in [0.25, 0.3) is 0 Å². The van der Waals surface area contributed by atoms with Crippen LogP contribution < -0.4 is 5.90 Å². The standard InChI is InChI=1S/C20H28INO4/c1-11-12-5-6-13-18-8-4-7-17(2,3)14(18)9-19(26-22,24-10-18)20(13,15(11)23)16(12)25-21/h12-14,16H,1,4-10,22H2,2-3H3/t12-,13?,14?,16+,18+,19+,20-/m0/s1. The van der Waals surface area contributed by atoms with E-state index in [2.05, 4.69) is 20.4 Å². The maximum absolute atomic E-state index is 13.7. The molecule has 4 bridgehead atoms. The third kappa shape index (κ3) is 1.67. The zero-order valence-electron chi connectivity index (χ0n) is 15.6. The highest BCUT2D eigenvalue weighted by Crippen LogP contribution is 2.77. The number of nitrogens with two attached hydrogens (primary N) is 1. The molecule has 6 heteroatoms. The summed E-state index contributed by atoms with van der Waals surface area (Å²) in [6.45, 7) is 9.53. The first-order valence-electron chi connectivity index (χ1n) is 9.83. The SMILES string of the molecule is C=C1C(=O)[C@@]23C(CC[C@@H]1[C@H]2OI)[C@]12CCCC(C)(C)C1C[C@]3(ON)OC2. The second kappa shape index (κ2) is 5.32. The van der Waals surface area contributed by atoms with E-state index in [-0.39, 0.29) is 34.6 Å². The van der Waals surface area contributed by atoms with Crippen molar-refractivity contribution in [2.75, 3.05) is 6.61 Å². The number of Topliss-reactive ketones (excluding diaryl/α,β-unsaturated/α-hetero) is 1. The average Bonchev–Trinajstić information content (AvgIpc) is 2.76. The van der Waals surface area contributed by atoms with Gasteiger partial charge in [-0.1, -0.05) is 26.8 Å². The van der Waals surface area contributed by atoms with Crippen molar-refractivity contribution in [3.05, 3.63) is 12.2 Å². The van der Waals surface area contributed by atoms with E-state index >= 15 is 0 Å². The molecule has 5 nitrogen and oxygen atoms in total. The molecule has 0 radical (unpaired) electrons. The van der Waals surface area contributed by atoms with Crippen LogP contribution in [0.5, 0.6) is 0 Å². The molecular formula is C20H28INO4. The predicted octanol–water partition coefficient (Wildman–Crippen LogP) is 3.71. The molecule has 6 fully saturated rings. The second-order valence-electron chi connectivity index (χ2n) is 9.96. The Morgan fingerprint density at radius 1 is 1.27 bits per heavy atom. The van der Waals surface area contributed by atoms with Crippen LogP contribution in [0.4, 0.5) is 0 Å². The van der Waals surface area contributed by atoms with Crippen molar-refractivity contribution >= 4 is 28.8 Å². The molecule has 0 amide bonds. The number of hydrogen-bond donors (Lipinski definition) is 1. The van der Waals surface area contributed by atoms with Gasteiger partial charge in [-0.25, -0.2) is 5.90 Å². The van der Waals surface area contributed by atoms with Gasteiger partial charge in [-0.05, 0) is 48.5 Å². The van der Waals surface area contributed by atoms with Crippen molar-refractivity contribution in [1.29, 1.82) is 0 Å². The van der Waals surface area contributed by atoms with Gasteiger partial charge >= 0.3 is 0 Å². The lowest BCUT2D eigenvalue weighted by molar-refractivity contribution is -0.425. The Morgan fingerprint density at radius 3 is 2.73 bits per heavy atom. The summed E-state index contributed by atoms with van der Waals surface area (Å²) in [5, 5.41) is 0. The fraction of sp³-hybridized carbons (Fsp3) is 0.850. The van der Waals surface area contributed by atoms with Crippen molar-refractivity contribution in [3.8, 4) is 0 Å². The lowest BCUT2D eigenvalue weighted by Gasteiger charge is -2.73. The molecule has 6 rings (SSSR count). The largest absolute Gasteiger partial charge is 0.347 e. The first kappa shape index (κ1) is 18.0. The molecule has 6 aliphatic rings. The van der Waals surface area contributed by atoms with E-state index in [0.717, 1.165) is 19.3 Å². The molecule has 4 aliphatic carbocycles. The number of fused-ring (bicyclic) bond motifs is 2. The highest BCUT2D eigenvalue weighted by Gasteiger charge is 2.84. The van der Waals surface area contributed by atoms with E-state index in [9.17, 15) is 4.79 Å². The van der Waals surface area contributed by atoms with Crippen molar-refractivity contribution in [2.45, 2.75) is 64.3 Å². The fourth-order valence-corrected chi connectivity index (χ4v) is 8.82. The van der Waals surface area contributed by atoms with Gasteiger partial charge in [0.2, 0.25) is 5.79 Å². The molecule has 2 spiro atoms. The zero-order valence-corrected chi connectivity index (χ0v) is 17.7. The summed E-state index contributed by atoms with van der Waals surface area (Å²) in [5.74, 6) is 5.61. The molecule has 2 N–H and O–H groups in total. The second-order valence-corrected chi connectivity index (χ2v) is 10.5. The van der Waals surface area contributed by atoms with Gasteiger partial charge in [-0.2, -0.15) is 0 Å². The summed E-state index contributed by atoms with van der Waals surface area (Å²) in [7, 11) is 0. The van der Waals surface area contributed by atoms with Gasteiger partial charge < -0.3 is 7.80 Å². The van der Waals surface area contributed by atoms with Crippen LogP contribution in [0.15, 0.2) is 12.2 Å². The van der Waals surface area contributed by atoms with E-state index in [1.165, 1.54) is 12.8 Å². The number of carbonyl (C=O) groups is 1. The van der Waals surface area contributed by atoms with Crippen molar-refractivity contribution in [3.63, 3.8) is 0 Å². The average molecular weight is 473 g/mol. The van der Waals surface area contributed by atoms with Crippen LogP contribution in [-0.2, 0) is 17.4 Å². The summed E-state index contributed by atoms with van der Waals surface area (Å²) in [5.41, 5.74) is 0.0554. The van der Waals surface area contributed by atoms with Gasteiger partial charge in [-0.3, -0.25) is 9.63 Å². The van der Waals surface area contributed by atoms with Crippen LogP contribution in [0, 0.1) is 34.0 Å². The number of ether oxygens (including phenoxy) is 1. The zero-order chi connectivity index (χ0) is 18.5. The minimum Gasteiger partial charge on any atom is -0.347 e. The van der Waals surface area contributed by atoms with Crippen molar-refractivity contribution < 1.29 is 17.4 Å². The van der Waals surface area contributed by atoms with Crippen LogP contribution >= 0.6 is 23.0 Å². The molecule has 0 aromatic heterocycles. The molecule has 144 valence electrons. The molecule has 2 saturated heterocycles. The molecular weight excluding hydrogens is 445 g/mol. The molecule has 2 aliphatic heterocycles. The molecule has 2 heterocycles. The summed E-state index contributed by atoms with van der Waals surface area (Å²) in [6, 6.07) is 0. The van der Waals surface area contributed by atoms with Gasteiger partial charge in [0.05, 0.1) is 12.7 Å². The number of ketones is 1. The van der Waals surface area contributed by atoms with E-state index in [4.69, 9.17) is 18.5 Å². The number of carbonyl (C=O) groups excluding carboxylic acids is 1. The van der Waals surface area contributed by atoms with E-state index in [1.54, 1.807) is 0 Å². The molecule has 4 saturated carbocycles. The first-order valence-corrected chi connectivity index (χ1v) is 10.7. The maximum Gasteiger partial charge on any atom is 0.203 e. The van der Waals surface area contributed by atoms with Crippen molar-refractivity contribution in [2.24, 2.45) is 39.9 Å². The number of rotatable bonds is 2. The van der Waals surface area contributed by atoms with E-state index in [0.29, 0.717) is 24.5 Å². The van der Waals surface area contributed by atoms with Crippen LogP contribution in [-0.4, -0.2) is 24.3 Å². The minimum absolute atomic E-state index is 0.0146. The van der Waals surface area contributed by atoms with Gasteiger partial charge in [0.15, 0.2) is 5.78 Å². The lowest BCUT2D eigenvalue weighted by atomic mass is 9.37. The number of hydrogen-bond acceptors (Lipinski definition) is 5. The lowest BCUT2D eigenvalue weighted by Crippen LogP contribution is -2.79. The topological polar surface area (TPSA) is 70.8 Å². The van der Waals surface area contributed by atoms with Crippen LogP contribution in [0.2, 0.25) is 0 Å². The summed E-state index contributed by atoms with van der Waals surface area (Å²) >= 11 is 1.95. The fourth-order valence-electron chi connectivity index (χ4n) is 8.06. The maximum atomic E-state index is 13.7. The quantitative estimate of drug-likeness (QED) is 0.376. The highest BCUT2D eigenvalue weighted by molar-refractivity contribution is 14.1. The Morgan fingerprint density at radius 2 is 2.04 bits per heavy atom. The molecule has 0 aromatic carbocycles. The van der Waals surface area contributed by atoms with Gasteiger partial charge in [0.25, 0.3) is 0 Å². The third-order valence-electron chi connectivity index (χ3n) is 9.00. The Kier molecular flexibility index (Phi) is 3.69. The Hall–Kier alpha value is -0.0200. The molecule has 0 aromatic rings. The summed E-state index contributed by atoms with van der Waals surface area (Å²) in [4.78, 5) is 19.4. The van der Waals surface area contributed by atoms with Crippen LogP contribution in [0.3, 0.4) is 0 Å². The predicted molar refractivity (Wildman–Crippen MR) is 104 cm³/mol. The van der Waals surface area contributed by atoms with Gasteiger partial charge in [0, 0.05) is 17.8 Å². The minimum atomic E-state index is -1.09. The molecule has 7 atom stereocenters. The van der Waals surface area contributed by atoms with E-state index < -0.39 is 11.2 Å². The highest BCUT2D eigenvalue weighted by atomic mass is 127. The number of halogens is 1. The Balaban J connectivity index is 1.77. The third-order valence-corrected chi connectivity index (χ3v) is 9.55. The first-order chi connectivity index (χ1) is 12.3. The smallest absolute Gasteiger partial charge is 0.203 e. The van der Waals surface area contributed by atoms with Crippen LogP contribution in [0.1, 0.15) is 52.4 Å². The van der Waals surface area contributed by atoms with Crippen molar-refractivity contribution in [1.82, 2.24) is 0 Å². The van der Waals surface area contributed by atoms with E-state index in [1.807, 2.05) is 23.0 Å².